The average molecular weight is 460 g/mol. The van der Waals surface area contributed by atoms with Crippen LogP contribution in [0.1, 0.15) is 24.8 Å². The number of sulfonamides is 1. The number of anilines is 1. The van der Waals surface area contributed by atoms with Gasteiger partial charge in [0.2, 0.25) is 15.9 Å². The van der Waals surface area contributed by atoms with Crippen LogP contribution in [0.4, 0.5) is 5.13 Å². The molecule has 3 aromatic rings. The Morgan fingerprint density at radius 1 is 1.23 bits per heavy atom. The van der Waals surface area contributed by atoms with Crippen LogP contribution in [0.2, 0.25) is 0 Å². The predicted molar refractivity (Wildman–Crippen MR) is 123 cm³/mol. The van der Waals surface area contributed by atoms with Gasteiger partial charge in [-0.2, -0.15) is 4.31 Å². The lowest BCUT2D eigenvalue weighted by atomic mass is 10.0. The Kier molecular flexibility index (Phi) is 6.27. The highest BCUT2D eigenvalue weighted by atomic mass is 32.2. The van der Waals surface area contributed by atoms with E-state index in [2.05, 4.69) is 0 Å². The minimum Gasteiger partial charge on any atom is -0.497 e. The molecule has 0 N–H and O–H groups in total. The van der Waals surface area contributed by atoms with Crippen LogP contribution in [-0.4, -0.2) is 49.6 Å². The number of fused-ring (bicyclic) bond motifs is 1. The predicted octanol–water partition coefficient (Wildman–Crippen LogP) is 3.65. The van der Waals surface area contributed by atoms with Crippen molar-refractivity contribution in [1.29, 1.82) is 0 Å². The van der Waals surface area contributed by atoms with Gasteiger partial charge in [-0.1, -0.05) is 48.1 Å². The molecule has 0 aliphatic carbocycles. The van der Waals surface area contributed by atoms with Gasteiger partial charge in [-0.25, -0.2) is 13.4 Å². The lowest BCUT2D eigenvalue weighted by Crippen LogP contribution is -2.52. The number of carbonyl (C=O) groups excluding carboxylic acids is 1. The lowest BCUT2D eigenvalue weighted by molar-refractivity contribution is -0.123. The summed E-state index contributed by atoms with van der Waals surface area (Å²) in [7, 11) is -1.89. The summed E-state index contributed by atoms with van der Waals surface area (Å²) >= 11 is 1.42. The van der Waals surface area contributed by atoms with Crippen molar-refractivity contribution in [3.05, 3.63) is 54.1 Å². The molecule has 0 radical (unpaired) electrons. The Balaban J connectivity index is 1.74. The van der Waals surface area contributed by atoms with Crippen LogP contribution in [-0.2, 0) is 21.4 Å². The van der Waals surface area contributed by atoms with E-state index in [-0.39, 0.29) is 5.91 Å². The standard InChI is InChI=1S/C22H25N3O4S2/c1-29-17-11-12-20-18(14-17)23-22(30-20)24(15-16-8-4-3-5-9-16)21(26)19-10-6-7-13-25(19)31(2,27)28/h3-5,8-9,11-12,14,19H,6-7,10,13,15H2,1-2H3. The molecule has 1 aliphatic rings. The third kappa shape index (κ3) is 4.73. The molecule has 0 spiro atoms. The van der Waals surface area contributed by atoms with E-state index in [1.165, 1.54) is 21.9 Å². The molecule has 1 unspecified atom stereocenters. The Labute approximate surface area is 186 Å². The van der Waals surface area contributed by atoms with Crippen LogP contribution in [0.25, 0.3) is 10.2 Å². The van der Waals surface area contributed by atoms with Gasteiger partial charge in [0.15, 0.2) is 5.13 Å². The first-order valence-corrected chi connectivity index (χ1v) is 12.8. The smallest absolute Gasteiger partial charge is 0.247 e. The molecule has 2 heterocycles. The molecule has 9 heteroatoms. The van der Waals surface area contributed by atoms with Crippen LogP contribution in [0.15, 0.2) is 48.5 Å². The van der Waals surface area contributed by atoms with E-state index in [1.54, 1.807) is 12.0 Å². The summed E-state index contributed by atoms with van der Waals surface area (Å²) in [5.74, 6) is 0.459. The van der Waals surface area contributed by atoms with Gasteiger partial charge in [-0.05, 0) is 30.5 Å². The highest BCUT2D eigenvalue weighted by Gasteiger charge is 2.38. The normalized spacial score (nSPS) is 17.5. The Hall–Kier alpha value is -2.49. The number of thiazole rings is 1. The van der Waals surface area contributed by atoms with Gasteiger partial charge in [0.25, 0.3) is 0 Å². The molecule has 0 saturated carbocycles. The van der Waals surface area contributed by atoms with E-state index in [4.69, 9.17) is 9.72 Å². The average Bonchev–Trinajstić information content (AvgIpc) is 3.20. The number of rotatable bonds is 6. The minimum atomic E-state index is -3.49. The zero-order valence-electron chi connectivity index (χ0n) is 17.5. The number of ether oxygens (including phenoxy) is 1. The van der Waals surface area contributed by atoms with Gasteiger partial charge >= 0.3 is 0 Å². The molecule has 1 atom stereocenters. The minimum absolute atomic E-state index is 0.236. The van der Waals surface area contributed by atoms with Crippen molar-refractivity contribution < 1.29 is 17.9 Å². The summed E-state index contributed by atoms with van der Waals surface area (Å²) in [6, 6.07) is 14.6. The molecule has 1 saturated heterocycles. The van der Waals surface area contributed by atoms with E-state index in [0.29, 0.717) is 30.4 Å². The summed E-state index contributed by atoms with van der Waals surface area (Å²) in [6.07, 6.45) is 3.26. The first-order valence-electron chi connectivity index (χ1n) is 10.1. The molecule has 1 fully saturated rings. The first-order chi connectivity index (χ1) is 14.9. The molecular weight excluding hydrogens is 434 g/mol. The zero-order valence-corrected chi connectivity index (χ0v) is 19.2. The van der Waals surface area contributed by atoms with Crippen LogP contribution in [0, 0.1) is 0 Å². The lowest BCUT2D eigenvalue weighted by Gasteiger charge is -2.35. The van der Waals surface area contributed by atoms with Gasteiger partial charge in [0.05, 0.1) is 30.1 Å². The van der Waals surface area contributed by atoms with Crippen molar-refractivity contribution in [1.82, 2.24) is 9.29 Å². The van der Waals surface area contributed by atoms with Crippen LogP contribution < -0.4 is 9.64 Å². The molecule has 7 nitrogen and oxygen atoms in total. The summed E-state index contributed by atoms with van der Waals surface area (Å²) in [5, 5.41) is 0.552. The Bertz CT molecular complexity index is 1180. The number of benzene rings is 2. The first kappa shape index (κ1) is 21.7. The number of hydrogen-bond acceptors (Lipinski definition) is 6. The SMILES string of the molecule is COc1ccc2sc(N(Cc3ccccc3)C(=O)C3CCCCN3S(C)(=O)=O)nc2c1. The van der Waals surface area contributed by atoms with Crippen LogP contribution in [0.5, 0.6) is 5.75 Å². The molecule has 164 valence electrons. The highest BCUT2D eigenvalue weighted by molar-refractivity contribution is 7.88. The number of hydrogen-bond donors (Lipinski definition) is 0. The van der Waals surface area contributed by atoms with E-state index < -0.39 is 16.1 Å². The molecule has 1 aromatic heterocycles. The number of nitrogens with zero attached hydrogens (tertiary/aromatic N) is 3. The molecule has 2 aromatic carbocycles. The van der Waals surface area contributed by atoms with Crippen molar-refractivity contribution >= 4 is 42.6 Å². The maximum Gasteiger partial charge on any atom is 0.247 e. The number of aromatic nitrogens is 1. The van der Waals surface area contributed by atoms with Crippen LogP contribution >= 0.6 is 11.3 Å². The number of amides is 1. The monoisotopic (exact) mass is 459 g/mol. The number of piperidine rings is 1. The fourth-order valence-electron chi connectivity index (χ4n) is 3.87. The third-order valence-electron chi connectivity index (χ3n) is 5.43. The zero-order chi connectivity index (χ0) is 22.0. The third-order valence-corrected chi connectivity index (χ3v) is 7.78. The summed E-state index contributed by atoms with van der Waals surface area (Å²) in [4.78, 5) is 20.0. The Morgan fingerprint density at radius 3 is 2.71 bits per heavy atom. The van der Waals surface area contributed by atoms with E-state index in [1.807, 2.05) is 48.5 Å². The van der Waals surface area contributed by atoms with E-state index in [0.717, 1.165) is 28.6 Å². The number of carbonyl (C=O) groups is 1. The number of methoxy groups -OCH3 is 1. The largest absolute Gasteiger partial charge is 0.497 e. The van der Waals surface area contributed by atoms with Gasteiger partial charge in [-0.3, -0.25) is 9.69 Å². The van der Waals surface area contributed by atoms with Gasteiger partial charge in [0.1, 0.15) is 11.8 Å². The summed E-state index contributed by atoms with van der Waals surface area (Å²) in [5.41, 5.74) is 1.70. The van der Waals surface area contributed by atoms with Crippen molar-refractivity contribution in [2.24, 2.45) is 0 Å². The van der Waals surface area contributed by atoms with Crippen molar-refractivity contribution in [2.75, 3.05) is 24.8 Å². The molecule has 0 bridgehead atoms. The van der Waals surface area contributed by atoms with Gasteiger partial charge < -0.3 is 4.74 Å². The second-order valence-electron chi connectivity index (χ2n) is 7.63. The van der Waals surface area contributed by atoms with E-state index >= 15 is 0 Å². The van der Waals surface area contributed by atoms with Crippen molar-refractivity contribution in [3.63, 3.8) is 0 Å². The Morgan fingerprint density at radius 2 is 2.00 bits per heavy atom. The highest BCUT2D eigenvalue weighted by Crippen LogP contribution is 2.33. The van der Waals surface area contributed by atoms with Crippen LogP contribution in [0.3, 0.4) is 0 Å². The van der Waals surface area contributed by atoms with Crippen molar-refractivity contribution in [3.8, 4) is 5.75 Å². The fourth-order valence-corrected chi connectivity index (χ4v) is 5.94. The second kappa shape index (κ2) is 8.94. The fraction of sp³-hybridized carbons (Fsp3) is 0.364. The quantitative estimate of drug-likeness (QED) is 0.562. The molecule has 1 amide bonds. The molecular formula is C22H25N3O4S2. The molecule has 31 heavy (non-hydrogen) atoms. The van der Waals surface area contributed by atoms with Gasteiger partial charge in [-0.15, -0.1) is 0 Å². The maximum absolute atomic E-state index is 13.7. The molecule has 1 aliphatic heterocycles. The van der Waals surface area contributed by atoms with E-state index in [9.17, 15) is 13.2 Å². The molecule has 4 rings (SSSR count). The second-order valence-corrected chi connectivity index (χ2v) is 10.6. The summed E-state index contributed by atoms with van der Waals surface area (Å²) < 4.78 is 32.3. The van der Waals surface area contributed by atoms with Gasteiger partial charge in [0, 0.05) is 12.6 Å². The topological polar surface area (TPSA) is 79.8 Å². The maximum atomic E-state index is 13.7. The van der Waals surface area contributed by atoms with Crippen molar-refractivity contribution in [2.45, 2.75) is 31.8 Å². The summed E-state index contributed by atoms with van der Waals surface area (Å²) in [6.45, 7) is 0.691.